The monoisotopic (exact) mass is 168 g/mol. The van der Waals surface area contributed by atoms with E-state index in [0.29, 0.717) is 0 Å². The van der Waals surface area contributed by atoms with Crippen molar-refractivity contribution in [2.75, 3.05) is 0 Å². The topological polar surface area (TPSA) is 0 Å². The zero-order valence-corrected chi connectivity index (χ0v) is 7.53. The molecule has 0 heteroatoms. The van der Waals surface area contributed by atoms with Gasteiger partial charge in [0.2, 0.25) is 0 Å². The zero-order valence-electron chi connectivity index (χ0n) is 7.53. The molecule has 0 bridgehead atoms. The molecule has 2 rings (SSSR count). The van der Waals surface area contributed by atoms with Gasteiger partial charge >= 0.3 is 0 Å². The van der Waals surface area contributed by atoms with Crippen molar-refractivity contribution in [1.29, 1.82) is 0 Å². The predicted octanol–water partition coefficient (Wildman–Crippen LogP) is 3.37. The van der Waals surface area contributed by atoms with Gasteiger partial charge in [0.1, 0.15) is 0 Å². The van der Waals surface area contributed by atoms with E-state index in [-0.39, 0.29) is 0 Å². The highest BCUT2D eigenvalue weighted by molar-refractivity contribution is 5.57. The molecule has 0 radical (unpaired) electrons. The second-order valence-corrected chi connectivity index (χ2v) is 3.25. The van der Waals surface area contributed by atoms with Crippen LogP contribution in [0.1, 0.15) is 11.1 Å². The molecule has 64 valence electrons. The summed E-state index contributed by atoms with van der Waals surface area (Å²) in [7, 11) is 0. The van der Waals surface area contributed by atoms with Gasteiger partial charge in [-0.25, -0.2) is 0 Å². The second kappa shape index (κ2) is 3.44. The number of rotatable bonds is 0. The van der Waals surface area contributed by atoms with Crippen molar-refractivity contribution in [1.82, 2.24) is 0 Å². The summed E-state index contributed by atoms with van der Waals surface area (Å²) in [5.41, 5.74) is 3.82. The summed E-state index contributed by atoms with van der Waals surface area (Å²) in [5, 5.41) is 0. The molecule has 1 aliphatic rings. The molecular formula is C13H12. The third kappa shape index (κ3) is 1.78. The Morgan fingerprint density at radius 1 is 1.00 bits per heavy atom. The van der Waals surface area contributed by atoms with Crippen molar-refractivity contribution in [2.45, 2.75) is 6.42 Å². The highest BCUT2D eigenvalue weighted by Gasteiger charge is 2.00. The summed E-state index contributed by atoms with van der Waals surface area (Å²) < 4.78 is 0. The molecule has 13 heavy (non-hydrogen) atoms. The summed E-state index contributed by atoms with van der Waals surface area (Å²) in [5.74, 6) is 0. The summed E-state index contributed by atoms with van der Waals surface area (Å²) in [4.78, 5) is 0. The van der Waals surface area contributed by atoms with Crippen LogP contribution in [0, 0.1) is 0 Å². The lowest BCUT2D eigenvalue weighted by atomic mass is 9.98. The van der Waals surface area contributed by atoms with Gasteiger partial charge in [0.25, 0.3) is 0 Å². The Kier molecular flexibility index (Phi) is 2.13. The maximum atomic E-state index is 3.99. The van der Waals surface area contributed by atoms with Crippen molar-refractivity contribution < 1.29 is 0 Å². The fourth-order valence-corrected chi connectivity index (χ4v) is 1.51. The average Bonchev–Trinajstić information content (AvgIpc) is 2.11. The molecule has 0 nitrogen and oxygen atoms in total. The van der Waals surface area contributed by atoms with Gasteiger partial charge in [0.15, 0.2) is 0 Å². The Morgan fingerprint density at radius 3 is 2.69 bits per heavy atom. The SMILES string of the molecule is C=C1/C=C\C=C/c2ccccc2C1. The number of hydrogen-bond donors (Lipinski definition) is 0. The third-order valence-corrected chi connectivity index (χ3v) is 2.19. The second-order valence-electron chi connectivity index (χ2n) is 3.25. The Hall–Kier alpha value is -1.56. The van der Waals surface area contributed by atoms with Gasteiger partial charge in [0.05, 0.1) is 0 Å². The first-order valence-corrected chi connectivity index (χ1v) is 4.47. The first-order chi connectivity index (χ1) is 6.36. The molecule has 1 aromatic carbocycles. The molecule has 0 aliphatic heterocycles. The minimum Gasteiger partial charge on any atom is -0.0955 e. The summed E-state index contributed by atoms with van der Waals surface area (Å²) in [6.07, 6.45) is 9.25. The van der Waals surface area contributed by atoms with E-state index in [1.165, 1.54) is 11.1 Å². The van der Waals surface area contributed by atoms with Crippen LogP contribution in [-0.4, -0.2) is 0 Å². The predicted molar refractivity (Wildman–Crippen MR) is 57.5 cm³/mol. The molecule has 1 aliphatic carbocycles. The molecule has 0 aromatic heterocycles. The molecule has 0 fully saturated rings. The van der Waals surface area contributed by atoms with E-state index in [9.17, 15) is 0 Å². The van der Waals surface area contributed by atoms with Gasteiger partial charge in [-0.05, 0) is 17.5 Å². The van der Waals surface area contributed by atoms with Gasteiger partial charge in [-0.1, -0.05) is 60.7 Å². The minimum absolute atomic E-state index is 0.955. The van der Waals surface area contributed by atoms with E-state index < -0.39 is 0 Å². The molecule has 0 N–H and O–H groups in total. The van der Waals surface area contributed by atoms with Gasteiger partial charge in [-0.3, -0.25) is 0 Å². The zero-order chi connectivity index (χ0) is 9.10. The lowest BCUT2D eigenvalue weighted by Gasteiger charge is -2.07. The highest BCUT2D eigenvalue weighted by atomic mass is 14.0. The molecule has 0 saturated heterocycles. The van der Waals surface area contributed by atoms with E-state index in [4.69, 9.17) is 0 Å². The van der Waals surface area contributed by atoms with Gasteiger partial charge < -0.3 is 0 Å². The molecule has 0 unspecified atom stereocenters. The van der Waals surface area contributed by atoms with Crippen molar-refractivity contribution in [3.8, 4) is 0 Å². The Bertz CT molecular complexity index is 381. The third-order valence-electron chi connectivity index (χ3n) is 2.19. The van der Waals surface area contributed by atoms with Crippen LogP contribution >= 0.6 is 0 Å². The maximum absolute atomic E-state index is 3.99. The lowest BCUT2D eigenvalue weighted by Crippen LogP contribution is -1.91. The number of allylic oxidation sites excluding steroid dienone is 4. The van der Waals surface area contributed by atoms with Gasteiger partial charge in [-0.2, -0.15) is 0 Å². The van der Waals surface area contributed by atoms with E-state index in [1.54, 1.807) is 0 Å². The average molecular weight is 168 g/mol. The van der Waals surface area contributed by atoms with E-state index in [0.717, 1.165) is 12.0 Å². The Labute approximate surface area is 78.9 Å². The summed E-state index contributed by atoms with van der Waals surface area (Å²) in [6, 6.07) is 8.44. The lowest BCUT2D eigenvalue weighted by molar-refractivity contribution is 1.19. The van der Waals surface area contributed by atoms with Gasteiger partial charge in [-0.15, -0.1) is 0 Å². The first kappa shape index (κ1) is 8.06. The standard InChI is InChI=1S/C13H12/c1-11-6-2-3-7-12-8-4-5-9-13(12)10-11/h2-9H,1,10H2/b6-2-,7-3-. The number of hydrogen-bond acceptors (Lipinski definition) is 0. The van der Waals surface area contributed by atoms with Crippen molar-refractivity contribution in [3.05, 3.63) is 65.8 Å². The molecule has 0 amide bonds. The van der Waals surface area contributed by atoms with E-state index >= 15 is 0 Å². The highest BCUT2D eigenvalue weighted by Crippen LogP contribution is 2.17. The van der Waals surface area contributed by atoms with Crippen LogP contribution in [0.25, 0.3) is 6.08 Å². The van der Waals surface area contributed by atoms with Crippen LogP contribution in [0.15, 0.2) is 54.6 Å². The smallest absolute Gasteiger partial charge is 0.00257 e. The minimum atomic E-state index is 0.955. The van der Waals surface area contributed by atoms with E-state index in [2.05, 4.69) is 49.1 Å². The number of benzene rings is 1. The van der Waals surface area contributed by atoms with Crippen molar-refractivity contribution in [2.24, 2.45) is 0 Å². The molecule has 0 spiro atoms. The summed E-state index contributed by atoms with van der Waals surface area (Å²) in [6.45, 7) is 3.99. The largest absolute Gasteiger partial charge is 0.0955 e. The van der Waals surface area contributed by atoms with E-state index in [1.807, 2.05) is 6.08 Å². The quantitative estimate of drug-likeness (QED) is 0.557. The fraction of sp³-hybridized carbons (Fsp3) is 0.0769. The molecular weight excluding hydrogens is 156 g/mol. The normalized spacial score (nSPS) is 19.8. The first-order valence-electron chi connectivity index (χ1n) is 4.47. The Morgan fingerprint density at radius 2 is 1.77 bits per heavy atom. The van der Waals surface area contributed by atoms with Crippen LogP contribution in [0.4, 0.5) is 0 Å². The van der Waals surface area contributed by atoms with Crippen LogP contribution in [0.2, 0.25) is 0 Å². The fourth-order valence-electron chi connectivity index (χ4n) is 1.51. The van der Waals surface area contributed by atoms with Crippen LogP contribution in [-0.2, 0) is 6.42 Å². The molecule has 0 saturated carbocycles. The van der Waals surface area contributed by atoms with Crippen molar-refractivity contribution in [3.63, 3.8) is 0 Å². The van der Waals surface area contributed by atoms with Crippen molar-refractivity contribution >= 4 is 6.08 Å². The number of fused-ring (bicyclic) bond motifs is 1. The molecule has 0 atom stereocenters. The molecule has 1 aromatic rings. The van der Waals surface area contributed by atoms with Gasteiger partial charge in [0, 0.05) is 0 Å². The maximum Gasteiger partial charge on any atom is -0.00257 e. The summed E-state index contributed by atoms with van der Waals surface area (Å²) >= 11 is 0. The van der Waals surface area contributed by atoms with Crippen LogP contribution in [0.5, 0.6) is 0 Å². The molecule has 0 heterocycles. The van der Waals surface area contributed by atoms with Crippen LogP contribution < -0.4 is 0 Å². The Balaban J connectivity index is 2.49. The van der Waals surface area contributed by atoms with Crippen LogP contribution in [0.3, 0.4) is 0 Å².